The zero-order chi connectivity index (χ0) is 30.2. The van der Waals surface area contributed by atoms with Crippen LogP contribution in [-0.4, -0.2) is 95.4 Å². The number of aliphatic hydroxyl groups excluding tert-OH is 2. The van der Waals surface area contributed by atoms with Crippen molar-refractivity contribution in [2.45, 2.75) is 83.6 Å². The number of imidazole rings is 1. The predicted molar refractivity (Wildman–Crippen MR) is 153 cm³/mol. The molecule has 2 aromatic rings. The Bertz CT molecular complexity index is 1290. The van der Waals surface area contributed by atoms with Gasteiger partial charge in [-0.15, -0.1) is 0 Å². The van der Waals surface area contributed by atoms with Gasteiger partial charge in [-0.05, 0) is 47.5 Å². The van der Waals surface area contributed by atoms with E-state index in [1.807, 2.05) is 0 Å². The Labute approximate surface area is 242 Å². The highest BCUT2D eigenvalue weighted by molar-refractivity contribution is 8.13. The van der Waals surface area contributed by atoms with Crippen molar-refractivity contribution >= 4 is 47.6 Å². The van der Waals surface area contributed by atoms with Crippen molar-refractivity contribution in [1.82, 2.24) is 24.6 Å². The second-order valence-corrected chi connectivity index (χ2v) is 14.3. The van der Waals surface area contributed by atoms with Crippen LogP contribution in [0.3, 0.4) is 0 Å². The Morgan fingerprint density at radius 1 is 1.37 bits per heavy atom. The Balaban J connectivity index is 1.44. The van der Waals surface area contributed by atoms with Gasteiger partial charge in [0, 0.05) is 17.8 Å². The summed E-state index contributed by atoms with van der Waals surface area (Å²) in [6.07, 6.45) is -0.207. The molecule has 0 amide bonds. The third-order valence-electron chi connectivity index (χ3n) is 6.71. The maximum absolute atomic E-state index is 13.5. The molecule has 3 heterocycles. The highest BCUT2D eigenvalue weighted by Gasteiger charge is 2.54. The van der Waals surface area contributed by atoms with Crippen molar-refractivity contribution in [2.24, 2.45) is 5.41 Å². The van der Waals surface area contributed by atoms with Gasteiger partial charge in [-0.25, -0.2) is 14.6 Å². The number of hydrogen-bond donors (Lipinski definition) is 6. The van der Waals surface area contributed by atoms with Crippen molar-refractivity contribution in [1.29, 1.82) is 0 Å². The van der Waals surface area contributed by atoms with Gasteiger partial charge in [0.05, 0.1) is 31.6 Å². The van der Waals surface area contributed by atoms with Gasteiger partial charge in [0.25, 0.3) is 0 Å². The molecule has 1 saturated heterocycles. The second kappa shape index (κ2) is 12.4. The van der Waals surface area contributed by atoms with E-state index in [0.29, 0.717) is 17.0 Å². The highest BCUT2D eigenvalue weighted by Crippen LogP contribution is 2.47. The van der Waals surface area contributed by atoms with E-state index < -0.39 is 37.2 Å². The van der Waals surface area contributed by atoms with Crippen molar-refractivity contribution in [3.05, 3.63) is 6.33 Å². The van der Waals surface area contributed by atoms with Crippen molar-refractivity contribution < 1.29 is 38.5 Å². The number of carbonyl (C=O) groups is 1. The third kappa shape index (κ3) is 7.37. The second-order valence-electron chi connectivity index (χ2n) is 11.5. The van der Waals surface area contributed by atoms with Crippen LogP contribution in [0.5, 0.6) is 0 Å². The third-order valence-corrected chi connectivity index (χ3v) is 9.74. The van der Waals surface area contributed by atoms with Gasteiger partial charge >= 0.3 is 7.75 Å². The molecule has 1 aliphatic heterocycles. The number of rotatable bonds is 14. The van der Waals surface area contributed by atoms with Crippen LogP contribution < -0.4 is 16.1 Å². The fraction of sp³-hybridized carbons (Fsp3) is 0.750. The molecule has 0 radical (unpaired) electrons. The first-order valence-corrected chi connectivity index (χ1v) is 16.0. The number of ether oxygens (including phenoxy) is 1. The number of aromatic nitrogens is 4. The molecule has 5 atom stereocenters. The molecule has 3 unspecified atom stereocenters. The first-order valence-electron chi connectivity index (χ1n) is 13.4. The van der Waals surface area contributed by atoms with Gasteiger partial charge in [-0.1, -0.05) is 11.8 Å². The molecule has 7 N–H and O–H groups in total. The molecule has 2 aromatic heterocycles. The molecular formula is C24H40N7O8PS. The lowest BCUT2D eigenvalue weighted by Gasteiger charge is -2.27. The molecule has 15 nitrogen and oxygen atoms in total. The summed E-state index contributed by atoms with van der Waals surface area (Å²) in [7, 11) is -3.90. The summed E-state index contributed by atoms with van der Waals surface area (Å²) in [4.78, 5) is 25.2. The van der Waals surface area contributed by atoms with Crippen molar-refractivity contribution in [3.63, 3.8) is 0 Å². The summed E-state index contributed by atoms with van der Waals surface area (Å²) >= 11 is 0.961. The van der Waals surface area contributed by atoms with Gasteiger partial charge in [-0.3, -0.25) is 18.4 Å². The van der Waals surface area contributed by atoms with Crippen LogP contribution in [0.2, 0.25) is 0 Å². The fourth-order valence-electron chi connectivity index (χ4n) is 4.16. The van der Waals surface area contributed by atoms with E-state index in [-0.39, 0.29) is 48.7 Å². The van der Waals surface area contributed by atoms with Gasteiger partial charge in [0.15, 0.2) is 28.3 Å². The summed E-state index contributed by atoms with van der Waals surface area (Å²) in [5, 5.41) is 37.4. The van der Waals surface area contributed by atoms with Crippen LogP contribution in [0.15, 0.2) is 6.33 Å². The van der Waals surface area contributed by atoms with E-state index in [4.69, 9.17) is 19.5 Å². The Morgan fingerprint density at radius 2 is 2.07 bits per heavy atom. The summed E-state index contributed by atoms with van der Waals surface area (Å²) in [5.41, 5.74) is 3.98. The summed E-state index contributed by atoms with van der Waals surface area (Å²) < 4.78 is 32.1. The lowest BCUT2D eigenvalue weighted by molar-refractivity contribution is -0.119. The van der Waals surface area contributed by atoms with Gasteiger partial charge < -0.3 is 31.1 Å². The average molecular weight is 618 g/mol. The maximum Gasteiger partial charge on any atom is 0.405 e. The highest BCUT2D eigenvalue weighted by atomic mass is 32.2. The first-order chi connectivity index (χ1) is 19.2. The van der Waals surface area contributed by atoms with Gasteiger partial charge in [0.2, 0.25) is 5.95 Å². The number of aliphatic hydroxyl groups is 3. The van der Waals surface area contributed by atoms with E-state index >= 15 is 0 Å². The molecule has 0 bridgehead atoms. The van der Waals surface area contributed by atoms with Crippen LogP contribution >= 0.6 is 19.5 Å². The van der Waals surface area contributed by atoms with E-state index in [2.05, 4.69) is 25.4 Å². The molecule has 2 aliphatic rings. The summed E-state index contributed by atoms with van der Waals surface area (Å²) in [5.74, 6) is 0.674. The molecule has 0 aromatic carbocycles. The number of fused-ring (bicyclic) bond motifs is 1. The maximum atomic E-state index is 13.5. The first kappa shape index (κ1) is 32.0. The average Bonchev–Trinajstić information content (AvgIpc) is 3.56. The smallest absolute Gasteiger partial charge is 0.395 e. The Morgan fingerprint density at radius 3 is 2.71 bits per heavy atom. The largest absolute Gasteiger partial charge is 0.405 e. The molecule has 1 saturated carbocycles. The minimum atomic E-state index is -3.90. The van der Waals surface area contributed by atoms with Gasteiger partial charge in [-0.2, -0.15) is 9.97 Å². The van der Waals surface area contributed by atoms with Gasteiger partial charge in [0.1, 0.15) is 17.8 Å². The van der Waals surface area contributed by atoms with E-state index in [1.165, 1.54) is 17.8 Å². The Kier molecular flexibility index (Phi) is 9.68. The molecule has 41 heavy (non-hydrogen) atoms. The van der Waals surface area contributed by atoms with Crippen LogP contribution in [0.4, 0.5) is 11.8 Å². The summed E-state index contributed by atoms with van der Waals surface area (Å²) in [6.45, 7) is 7.43. The molecule has 1 aliphatic carbocycles. The van der Waals surface area contributed by atoms with Crippen molar-refractivity contribution in [3.8, 4) is 0 Å². The van der Waals surface area contributed by atoms with E-state index in [9.17, 15) is 24.7 Å². The van der Waals surface area contributed by atoms with Crippen molar-refractivity contribution in [2.75, 3.05) is 36.6 Å². The monoisotopic (exact) mass is 617 g/mol. The standard InChI is InChI=1S/C24H40N7O8PS/c1-13(2)30-40(36,37-8-9-41-21(34)23(3,4)11-32)38-10-15-17(33)24(5,35)20(39-15)31-12-26-16-18(27-14-6-7-14)28-22(25)29-19(16)31/h12-15,17,20,32-33,35H,6-11H2,1-5H3,(H,30,36)(H3,25,27,28,29)/t15-,17+,20?,24?,40?/m1/s1. The number of nitrogens with zero attached hydrogens (tertiary/aromatic N) is 4. The Hall–Kier alpha value is -1.88. The number of carbonyl (C=O) groups excluding carboxylic acids is 1. The number of nitrogens with one attached hydrogen (secondary N) is 2. The molecular weight excluding hydrogens is 577 g/mol. The fourth-order valence-corrected chi connectivity index (χ4v) is 6.62. The van der Waals surface area contributed by atoms with Crippen LogP contribution in [-0.2, 0) is 23.1 Å². The SMILES string of the molecule is CC(C)NP(=O)(OCCSC(=O)C(C)(C)CO)OC[C@H]1OC(n2cnc3c(NC4CC4)nc(N)nc32)C(C)(O)[C@H]1O. The predicted octanol–water partition coefficient (Wildman–Crippen LogP) is 1.41. The minimum absolute atomic E-state index is 0.0121. The number of hydrogen-bond acceptors (Lipinski definition) is 14. The van der Waals surface area contributed by atoms with Crippen LogP contribution in [0.25, 0.3) is 11.2 Å². The molecule has 4 rings (SSSR count). The van der Waals surface area contributed by atoms with E-state index in [1.54, 1.807) is 27.7 Å². The van der Waals surface area contributed by atoms with Crippen LogP contribution in [0.1, 0.15) is 53.7 Å². The molecule has 230 valence electrons. The number of thioether (sulfide) groups is 1. The number of nitrogen functional groups attached to an aromatic ring is 1. The quantitative estimate of drug-likeness (QED) is 0.130. The molecule has 17 heteroatoms. The lowest BCUT2D eigenvalue weighted by Crippen LogP contribution is -2.44. The lowest BCUT2D eigenvalue weighted by atomic mass is 9.96. The zero-order valence-electron chi connectivity index (χ0n) is 23.8. The summed E-state index contributed by atoms with van der Waals surface area (Å²) in [6, 6.07) is 0.00489. The molecule has 0 spiro atoms. The van der Waals surface area contributed by atoms with E-state index in [0.717, 1.165) is 24.6 Å². The number of anilines is 2. The zero-order valence-corrected chi connectivity index (χ0v) is 25.5. The topological polar surface area (TPSA) is 216 Å². The normalized spacial score (nSPS) is 26.5. The minimum Gasteiger partial charge on any atom is -0.395 e. The van der Waals surface area contributed by atoms with Crippen LogP contribution in [0, 0.1) is 5.41 Å². The molecule has 2 fully saturated rings. The number of nitrogens with two attached hydrogens (primary N) is 1.